The van der Waals surface area contributed by atoms with Crippen molar-refractivity contribution >= 4 is 27.7 Å². The fourth-order valence-electron chi connectivity index (χ4n) is 1.14. The van der Waals surface area contributed by atoms with Crippen LogP contribution in [-0.2, 0) is 16.0 Å². The number of hydrogen-bond donors (Lipinski definition) is 1. The van der Waals surface area contributed by atoms with E-state index in [0.717, 1.165) is 6.07 Å². The van der Waals surface area contributed by atoms with E-state index < -0.39 is 30.3 Å². The van der Waals surface area contributed by atoms with Crippen molar-refractivity contribution in [3.05, 3.63) is 28.2 Å². The summed E-state index contributed by atoms with van der Waals surface area (Å²) in [6.07, 6.45) is -5.59. The van der Waals surface area contributed by atoms with E-state index in [0.29, 0.717) is 4.47 Å². The molecule has 0 saturated heterocycles. The summed E-state index contributed by atoms with van der Waals surface area (Å²) in [7, 11) is 0. The predicted molar refractivity (Wildman–Crippen MR) is 57.2 cm³/mol. The number of benzene rings is 1. The molecule has 8 heteroatoms. The Kier molecular flexibility index (Phi) is 4.33. The van der Waals surface area contributed by atoms with Gasteiger partial charge in [-0.3, -0.25) is 4.79 Å². The van der Waals surface area contributed by atoms with Gasteiger partial charge in [-0.2, -0.15) is 0 Å². The highest BCUT2D eigenvalue weighted by Crippen LogP contribution is 2.29. The first kappa shape index (κ1) is 14.5. The molecule has 0 saturated carbocycles. The maximum Gasteiger partial charge on any atom is 0.573 e. The summed E-state index contributed by atoms with van der Waals surface area (Å²) in [5.41, 5.74) is -0.150. The molecule has 98 valence electrons. The summed E-state index contributed by atoms with van der Waals surface area (Å²) >= 11 is 2.95. The second-order valence-electron chi connectivity index (χ2n) is 3.20. The quantitative estimate of drug-likeness (QED) is 0.864. The zero-order chi connectivity index (χ0) is 13.9. The number of ketones is 1. The number of rotatable bonds is 4. The number of ether oxygens (including phenoxy) is 1. The molecule has 0 radical (unpaired) electrons. The average molecular weight is 327 g/mol. The first-order valence-electron chi connectivity index (χ1n) is 4.49. The van der Waals surface area contributed by atoms with Crippen LogP contribution in [0.25, 0.3) is 0 Å². The SMILES string of the molecule is O=C(O)C(=O)Cc1ccc(Br)cc1OC(F)(F)F. The summed E-state index contributed by atoms with van der Waals surface area (Å²) in [6.45, 7) is 0. The summed E-state index contributed by atoms with van der Waals surface area (Å²) in [4.78, 5) is 21.3. The van der Waals surface area contributed by atoms with Crippen LogP contribution in [0.3, 0.4) is 0 Å². The van der Waals surface area contributed by atoms with E-state index in [1.807, 2.05) is 0 Å². The van der Waals surface area contributed by atoms with Crippen LogP contribution in [-0.4, -0.2) is 23.2 Å². The average Bonchev–Trinajstić information content (AvgIpc) is 2.19. The molecule has 0 atom stereocenters. The molecular formula is C10H6BrF3O4. The molecular weight excluding hydrogens is 321 g/mol. The molecule has 1 N–H and O–H groups in total. The van der Waals surface area contributed by atoms with Crippen molar-refractivity contribution in [1.82, 2.24) is 0 Å². The maximum atomic E-state index is 12.1. The highest BCUT2D eigenvalue weighted by molar-refractivity contribution is 9.10. The molecule has 0 aliphatic carbocycles. The molecule has 0 fully saturated rings. The van der Waals surface area contributed by atoms with Crippen LogP contribution in [0.15, 0.2) is 22.7 Å². The second-order valence-corrected chi connectivity index (χ2v) is 4.12. The Hall–Kier alpha value is -1.57. The third kappa shape index (κ3) is 4.36. The van der Waals surface area contributed by atoms with E-state index in [4.69, 9.17) is 5.11 Å². The molecule has 18 heavy (non-hydrogen) atoms. The lowest BCUT2D eigenvalue weighted by molar-refractivity contribution is -0.274. The van der Waals surface area contributed by atoms with Gasteiger partial charge < -0.3 is 9.84 Å². The summed E-state index contributed by atoms with van der Waals surface area (Å²) < 4.78 is 40.4. The van der Waals surface area contributed by atoms with Gasteiger partial charge in [-0.15, -0.1) is 13.2 Å². The topological polar surface area (TPSA) is 63.6 Å². The van der Waals surface area contributed by atoms with Crippen LogP contribution in [0.4, 0.5) is 13.2 Å². The number of aliphatic carboxylic acids is 1. The van der Waals surface area contributed by atoms with Crippen molar-refractivity contribution < 1.29 is 32.6 Å². The largest absolute Gasteiger partial charge is 0.573 e. The first-order valence-corrected chi connectivity index (χ1v) is 5.28. The van der Waals surface area contributed by atoms with Gasteiger partial charge in [0.15, 0.2) is 0 Å². The summed E-state index contributed by atoms with van der Waals surface area (Å²) in [6, 6.07) is 3.58. The number of carbonyl (C=O) groups excluding carboxylic acids is 1. The fraction of sp³-hybridized carbons (Fsp3) is 0.200. The van der Waals surface area contributed by atoms with Gasteiger partial charge in [0.25, 0.3) is 0 Å². The molecule has 0 aliphatic heterocycles. The number of alkyl halides is 3. The van der Waals surface area contributed by atoms with Gasteiger partial charge in [0, 0.05) is 16.5 Å². The van der Waals surface area contributed by atoms with Crippen LogP contribution < -0.4 is 4.74 Å². The van der Waals surface area contributed by atoms with Crippen LogP contribution in [0, 0.1) is 0 Å². The van der Waals surface area contributed by atoms with Gasteiger partial charge in [0.2, 0.25) is 5.78 Å². The van der Waals surface area contributed by atoms with Crippen molar-refractivity contribution in [3.8, 4) is 5.75 Å². The van der Waals surface area contributed by atoms with Crippen molar-refractivity contribution in [1.29, 1.82) is 0 Å². The molecule has 0 heterocycles. The van der Waals surface area contributed by atoms with E-state index in [9.17, 15) is 22.8 Å². The van der Waals surface area contributed by atoms with E-state index in [2.05, 4.69) is 20.7 Å². The van der Waals surface area contributed by atoms with Gasteiger partial charge in [-0.05, 0) is 12.1 Å². The smallest absolute Gasteiger partial charge is 0.475 e. The van der Waals surface area contributed by atoms with E-state index in [1.54, 1.807) is 0 Å². The fourth-order valence-corrected chi connectivity index (χ4v) is 1.48. The number of carboxylic acid groups (broad SMARTS) is 1. The molecule has 0 aromatic heterocycles. The van der Waals surface area contributed by atoms with Gasteiger partial charge in [-0.1, -0.05) is 22.0 Å². The first-order chi connectivity index (χ1) is 8.19. The maximum absolute atomic E-state index is 12.1. The van der Waals surface area contributed by atoms with Crippen LogP contribution in [0.5, 0.6) is 5.75 Å². The minimum Gasteiger partial charge on any atom is -0.475 e. The van der Waals surface area contributed by atoms with Gasteiger partial charge in [0.05, 0.1) is 0 Å². The molecule has 4 nitrogen and oxygen atoms in total. The monoisotopic (exact) mass is 326 g/mol. The molecule has 1 aromatic carbocycles. The lowest BCUT2D eigenvalue weighted by Crippen LogP contribution is -2.20. The standard InChI is InChI=1S/C10H6BrF3O4/c11-6-2-1-5(3-7(15)9(16)17)8(4-6)18-10(12,13)14/h1-2,4H,3H2,(H,16,17). The highest BCUT2D eigenvalue weighted by Gasteiger charge is 2.32. The van der Waals surface area contributed by atoms with Crippen LogP contribution >= 0.6 is 15.9 Å². The third-order valence-corrected chi connectivity index (χ3v) is 2.34. The number of Topliss-reactive ketones (excluding diaryl/α,β-unsaturated/α-hetero) is 1. The van der Waals surface area contributed by atoms with E-state index >= 15 is 0 Å². The van der Waals surface area contributed by atoms with Crippen molar-refractivity contribution in [2.75, 3.05) is 0 Å². The Labute approximate surface area is 107 Å². The van der Waals surface area contributed by atoms with Crippen LogP contribution in [0.2, 0.25) is 0 Å². The molecule has 0 spiro atoms. The Bertz CT molecular complexity index is 485. The predicted octanol–water partition coefficient (Wildman–Crippen LogP) is 2.54. The molecule has 0 aliphatic rings. The van der Waals surface area contributed by atoms with Gasteiger partial charge in [-0.25, -0.2) is 4.79 Å². The third-order valence-electron chi connectivity index (χ3n) is 1.84. The summed E-state index contributed by atoms with van der Waals surface area (Å²) in [5.74, 6) is -3.54. The number of hydrogen-bond acceptors (Lipinski definition) is 3. The second kappa shape index (κ2) is 5.38. The zero-order valence-corrected chi connectivity index (χ0v) is 10.2. The number of carboxylic acids is 1. The minimum absolute atomic E-state index is 0.150. The minimum atomic E-state index is -4.91. The number of carbonyl (C=O) groups is 2. The number of halogens is 4. The van der Waals surface area contributed by atoms with Crippen LogP contribution in [0.1, 0.15) is 5.56 Å². The lowest BCUT2D eigenvalue weighted by atomic mass is 10.1. The molecule has 1 aromatic rings. The van der Waals surface area contributed by atoms with E-state index in [1.165, 1.54) is 12.1 Å². The van der Waals surface area contributed by atoms with E-state index in [-0.39, 0.29) is 5.56 Å². The van der Waals surface area contributed by atoms with Crippen molar-refractivity contribution in [2.45, 2.75) is 12.8 Å². The van der Waals surface area contributed by atoms with Crippen molar-refractivity contribution in [3.63, 3.8) is 0 Å². The normalized spacial score (nSPS) is 11.1. The molecule has 0 unspecified atom stereocenters. The lowest BCUT2D eigenvalue weighted by Gasteiger charge is -2.12. The van der Waals surface area contributed by atoms with Gasteiger partial charge >= 0.3 is 12.3 Å². The molecule has 0 bridgehead atoms. The molecule has 1 rings (SSSR count). The Morgan fingerprint density at radius 2 is 1.94 bits per heavy atom. The van der Waals surface area contributed by atoms with Crippen molar-refractivity contribution in [2.24, 2.45) is 0 Å². The highest BCUT2D eigenvalue weighted by atomic mass is 79.9. The summed E-state index contributed by atoms with van der Waals surface area (Å²) in [5, 5.41) is 8.40. The zero-order valence-electron chi connectivity index (χ0n) is 8.62. The Balaban J connectivity index is 3.04. The molecule has 0 amide bonds. The Morgan fingerprint density at radius 3 is 2.44 bits per heavy atom. The Morgan fingerprint density at radius 1 is 1.33 bits per heavy atom. The van der Waals surface area contributed by atoms with Gasteiger partial charge in [0.1, 0.15) is 5.75 Å².